The van der Waals surface area contributed by atoms with Crippen LogP contribution in [0.3, 0.4) is 0 Å². The van der Waals surface area contributed by atoms with Crippen LogP contribution in [-0.4, -0.2) is 22.2 Å². The van der Waals surface area contributed by atoms with E-state index in [0.29, 0.717) is 6.61 Å². The normalized spacial score (nSPS) is 20.4. The highest BCUT2D eigenvalue weighted by Gasteiger charge is 2.22. The Hall–Kier alpha value is -1.91. The molecule has 0 radical (unpaired) electrons. The summed E-state index contributed by atoms with van der Waals surface area (Å²) < 4.78 is 6.00. The molecule has 1 aromatic carbocycles. The smallest absolute Gasteiger partial charge is 0.130 e. The Bertz CT molecular complexity index is 665. The van der Waals surface area contributed by atoms with Crippen molar-refractivity contribution in [3.05, 3.63) is 58.9 Å². The molecule has 0 spiro atoms. The highest BCUT2D eigenvalue weighted by molar-refractivity contribution is 5.43. The number of pyridine rings is 1. The topological polar surface area (TPSA) is 54.4 Å². The number of benzene rings is 1. The average molecular weight is 340 g/mol. The number of aliphatic hydroxyl groups excluding tert-OH is 1. The van der Waals surface area contributed by atoms with Gasteiger partial charge in [0, 0.05) is 18.8 Å². The van der Waals surface area contributed by atoms with Gasteiger partial charge in [0.2, 0.25) is 0 Å². The third-order valence-corrected chi connectivity index (χ3v) is 4.91. The van der Waals surface area contributed by atoms with Crippen LogP contribution in [0.25, 0.3) is 0 Å². The summed E-state index contributed by atoms with van der Waals surface area (Å²) in [5.41, 5.74) is 4.44. The fourth-order valence-corrected chi connectivity index (χ4v) is 3.60. The zero-order valence-electron chi connectivity index (χ0n) is 15.2. The van der Waals surface area contributed by atoms with E-state index in [1.54, 1.807) is 6.20 Å². The van der Waals surface area contributed by atoms with Crippen molar-refractivity contribution in [2.45, 2.75) is 64.8 Å². The molecule has 2 aromatic rings. The molecule has 0 saturated heterocycles. The standard InChI is InChI=1S/C21H28N2O2/c1-15-11-17(13-23-19-8-3-4-9-20(19)24)12-16(2)21(15)25-14-18-7-5-6-10-22-18/h5-7,10-12,19-20,23-24H,3-4,8-9,13-14H2,1-2H3. The van der Waals surface area contributed by atoms with E-state index in [1.165, 1.54) is 12.0 Å². The Morgan fingerprint density at radius 3 is 2.60 bits per heavy atom. The molecule has 1 fully saturated rings. The van der Waals surface area contributed by atoms with Gasteiger partial charge in [-0.2, -0.15) is 0 Å². The summed E-state index contributed by atoms with van der Waals surface area (Å²) in [4.78, 5) is 4.30. The molecule has 2 unspecified atom stereocenters. The van der Waals surface area contributed by atoms with Crippen LogP contribution in [-0.2, 0) is 13.2 Å². The lowest BCUT2D eigenvalue weighted by molar-refractivity contribution is 0.0902. The first-order chi connectivity index (χ1) is 12.1. The van der Waals surface area contributed by atoms with Crippen LogP contribution in [0, 0.1) is 13.8 Å². The van der Waals surface area contributed by atoms with Crippen molar-refractivity contribution in [1.29, 1.82) is 0 Å². The van der Waals surface area contributed by atoms with Crippen LogP contribution in [0.15, 0.2) is 36.5 Å². The van der Waals surface area contributed by atoms with E-state index in [1.807, 2.05) is 18.2 Å². The lowest BCUT2D eigenvalue weighted by Crippen LogP contribution is -2.41. The zero-order valence-corrected chi connectivity index (χ0v) is 15.2. The highest BCUT2D eigenvalue weighted by Crippen LogP contribution is 2.26. The molecular formula is C21H28N2O2. The Balaban J connectivity index is 1.61. The molecule has 134 valence electrons. The summed E-state index contributed by atoms with van der Waals surface area (Å²) in [6.45, 7) is 5.43. The minimum atomic E-state index is -0.211. The molecule has 4 heteroatoms. The molecule has 1 saturated carbocycles. The molecule has 1 aliphatic rings. The maximum absolute atomic E-state index is 10.1. The summed E-state index contributed by atoms with van der Waals surface area (Å²) in [6.07, 6.45) is 5.89. The van der Waals surface area contributed by atoms with Gasteiger partial charge < -0.3 is 15.2 Å². The summed E-state index contributed by atoms with van der Waals surface area (Å²) in [5.74, 6) is 0.937. The van der Waals surface area contributed by atoms with E-state index >= 15 is 0 Å². The van der Waals surface area contributed by atoms with Gasteiger partial charge in [-0.3, -0.25) is 4.98 Å². The Morgan fingerprint density at radius 1 is 1.16 bits per heavy atom. The molecule has 25 heavy (non-hydrogen) atoms. The van der Waals surface area contributed by atoms with E-state index in [-0.39, 0.29) is 12.1 Å². The third-order valence-electron chi connectivity index (χ3n) is 4.91. The van der Waals surface area contributed by atoms with E-state index in [4.69, 9.17) is 4.74 Å². The molecule has 1 aromatic heterocycles. The van der Waals surface area contributed by atoms with Gasteiger partial charge in [-0.15, -0.1) is 0 Å². The van der Waals surface area contributed by atoms with Crippen molar-refractivity contribution < 1.29 is 9.84 Å². The van der Waals surface area contributed by atoms with Crippen LogP contribution in [0.2, 0.25) is 0 Å². The molecule has 0 amide bonds. The van der Waals surface area contributed by atoms with Crippen molar-refractivity contribution in [1.82, 2.24) is 10.3 Å². The molecule has 3 rings (SSSR count). The van der Waals surface area contributed by atoms with Gasteiger partial charge in [0.1, 0.15) is 12.4 Å². The Morgan fingerprint density at radius 2 is 1.92 bits per heavy atom. The predicted octanol–water partition coefficient (Wildman–Crippen LogP) is 3.67. The number of aromatic nitrogens is 1. The van der Waals surface area contributed by atoms with Crippen LogP contribution in [0.1, 0.15) is 48.1 Å². The van der Waals surface area contributed by atoms with Gasteiger partial charge in [-0.1, -0.05) is 31.0 Å². The second-order valence-corrected chi connectivity index (χ2v) is 7.01. The van der Waals surface area contributed by atoms with Gasteiger partial charge in [0.25, 0.3) is 0 Å². The average Bonchev–Trinajstić information content (AvgIpc) is 2.61. The second-order valence-electron chi connectivity index (χ2n) is 7.01. The van der Waals surface area contributed by atoms with E-state index in [2.05, 4.69) is 36.3 Å². The maximum atomic E-state index is 10.1. The van der Waals surface area contributed by atoms with Crippen molar-refractivity contribution in [2.75, 3.05) is 0 Å². The molecule has 1 aliphatic carbocycles. The number of rotatable bonds is 6. The summed E-state index contributed by atoms with van der Waals surface area (Å²) in [6, 6.07) is 10.4. The van der Waals surface area contributed by atoms with Gasteiger partial charge in [-0.05, 0) is 55.5 Å². The fourth-order valence-electron chi connectivity index (χ4n) is 3.60. The molecule has 1 heterocycles. The quantitative estimate of drug-likeness (QED) is 0.842. The number of ether oxygens (including phenoxy) is 1. The summed E-state index contributed by atoms with van der Waals surface area (Å²) in [5, 5.41) is 13.6. The fraction of sp³-hybridized carbons (Fsp3) is 0.476. The summed E-state index contributed by atoms with van der Waals surface area (Å²) in [7, 11) is 0. The number of aliphatic hydroxyl groups is 1. The predicted molar refractivity (Wildman–Crippen MR) is 99.6 cm³/mol. The second kappa shape index (κ2) is 8.45. The number of hydrogen-bond donors (Lipinski definition) is 2. The van der Waals surface area contributed by atoms with Gasteiger partial charge in [0.15, 0.2) is 0 Å². The molecule has 4 nitrogen and oxygen atoms in total. The third kappa shape index (κ3) is 4.80. The van der Waals surface area contributed by atoms with Gasteiger partial charge in [0.05, 0.1) is 11.8 Å². The Labute approximate surface area is 150 Å². The molecule has 2 atom stereocenters. The Kier molecular flexibility index (Phi) is 6.05. The van der Waals surface area contributed by atoms with E-state index < -0.39 is 0 Å². The zero-order chi connectivity index (χ0) is 17.6. The van der Waals surface area contributed by atoms with Crippen molar-refractivity contribution in [3.8, 4) is 5.75 Å². The number of nitrogens with zero attached hydrogens (tertiary/aromatic N) is 1. The van der Waals surface area contributed by atoms with E-state index in [9.17, 15) is 5.11 Å². The summed E-state index contributed by atoms with van der Waals surface area (Å²) >= 11 is 0. The largest absolute Gasteiger partial charge is 0.487 e. The van der Waals surface area contributed by atoms with Crippen LogP contribution in [0.5, 0.6) is 5.75 Å². The van der Waals surface area contributed by atoms with Crippen molar-refractivity contribution in [3.63, 3.8) is 0 Å². The minimum Gasteiger partial charge on any atom is -0.487 e. The van der Waals surface area contributed by atoms with Crippen molar-refractivity contribution in [2.24, 2.45) is 0 Å². The van der Waals surface area contributed by atoms with E-state index in [0.717, 1.165) is 48.4 Å². The van der Waals surface area contributed by atoms with Crippen LogP contribution in [0.4, 0.5) is 0 Å². The SMILES string of the molecule is Cc1cc(CNC2CCCCC2O)cc(C)c1OCc1ccccn1. The lowest BCUT2D eigenvalue weighted by atomic mass is 9.92. The number of hydrogen-bond acceptors (Lipinski definition) is 4. The molecule has 0 aliphatic heterocycles. The maximum Gasteiger partial charge on any atom is 0.130 e. The first-order valence-electron chi connectivity index (χ1n) is 9.18. The van der Waals surface area contributed by atoms with Crippen molar-refractivity contribution >= 4 is 0 Å². The van der Waals surface area contributed by atoms with Gasteiger partial charge >= 0.3 is 0 Å². The first-order valence-corrected chi connectivity index (χ1v) is 9.18. The monoisotopic (exact) mass is 340 g/mol. The van der Waals surface area contributed by atoms with Gasteiger partial charge in [-0.25, -0.2) is 0 Å². The molecule has 2 N–H and O–H groups in total. The number of nitrogens with one attached hydrogen (secondary N) is 1. The highest BCUT2D eigenvalue weighted by atomic mass is 16.5. The number of aryl methyl sites for hydroxylation is 2. The first kappa shape index (κ1) is 17.9. The van der Waals surface area contributed by atoms with Crippen LogP contribution >= 0.6 is 0 Å². The lowest BCUT2D eigenvalue weighted by Gasteiger charge is -2.28. The molecule has 0 bridgehead atoms. The van der Waals surface area contributed by atoms with Crippen LogP contribution < -0.4 is 10.1 Å². The minimum absolute atomic E-state index is 0.211. The molecular weight excluding hydrogens is 312 g/mol.